The highest BCUT2D eigenvalue weighted by atomic mass is 27.2. The Labute approximate surface area is 164 Å². The first-order valence-corrected chi connectivity index (χ1v) is 13.5. The summed E-state index contributed by atoms with van der Waals surface area (Å²) in [5.41, 5.74) is 0. The average molecular weight is 371 g/mol. The predicted octanol–water partition coefficient (Wildman–Crippen LogP) is 7.88. The Morgan fingerprint density at radius 1 is 0.640 bits per heavy atom. The van der Waals surface area contributed by atoms with Crippen LogP contribution in [0, 0.1) is 0 Å². The summed E-state index contributed by atoms with van der Waals surface area (Å²) >= 11 is -1.11. The summed E-state index contributed by atoms with van der Waals surface area (Å²) < 4.78 is 12.4. The Bertz CT molecular complexity index is 242. The molecule has 0 radical (unpaired) electrons. The lowest BCUT2D eigenvalue weighted by atomic mass is 10.1. The quantitative estimate of drug-likeness (QED) is 0.131. The third kappa shape index (κ3) is 17.6. The molecule has 0 aliphatic rings. The molecule has 150 valence electrons. The molecule has 0 fully saturated rings. The fraction of sp³-hybridized carbons (Fsp3) is 1.00. The Kier molecular flexibility index (Phi) is 19.6. The van der Waals surface area contributed by atoms with Gasteiger partial charge in [0.05, 0.1) is 6.10 Å². The normalized spacial score (nSPS) is 12.7. The van der Waals surface area contributed by atoms with E-state index in [1.54, 1.807) is 0 Å². The van der Waals surface area contributed by atoms with Crippen LogP contribution in [0.15, 0.2) is 0 Å². The number of hydrogen-bond acceptors (Lipinski definition) is 2. The number of unbranched alkanes of at least 4 members (excludes halogenated alkanes) is 10. The Morgan fingerprint density at radius 3 is 1.48 bits per heavy atom. The van der Waals surface area contributed by atoms with E-state index >= 15 is 0 Å². The van der Waals surface area contributed by atoms with Crippen LogP contribution in [0.4, 0.5) is 0 Å². The molecular weight excluding hydrogens is 323 g/mol. The van der Waals surface area contributed by atoms with Gasteiger partial charge in [-0.15, -0.1) is 0 Å². The second-order valence-electron chi connectivity index (χ2n) is 7.89. The molecule has 0 heterocycles. The molecule has 1 unspecified atom stereocenters. The van der Waals surface area contributed by atoms with Crippen molar-refractivity contribution in [2.45, 2.75) is 141 Å². The minimum Gasteiger partial charge on any atom is -0.478 e. The molecule has 0 spiro atoms. The molecule has 3 heteroatoms. The van der Waals surface area contributed by atoms with E-state index in [1.807, 2.05) is 0 Å². The average Bonchev–Trinajstić information content (AvgIpc) is 2.59. The molecular formula is C22H47AlO2. The monoisotopic (exact) mass is 370 g/mol. The second-order valence-corrected chi connectivity index (χ2v) is 10.6. The van der Waals surface area contributed by atoms with Crippen molar-refractivity contribution in [2.24, 2.45) is 0 Å². The highest BCUT2D eigenvalue weighted by molar-refractivity contribution is 6.51. The van der Waals surface area contributed by atoms with Gasteiger partial charge in [0.25, 0.3) is 0 Å². The van der Waals surface area contributed by atoms with Crippen LogP contribution < -0.4 is 0 Å². The number of rotatable bonds is 19. The predicted molar refractivity (Wildman–Crippen MR) is 114 cm³/mol. The first-order valence-electron chi connectivity index (χ1n) is 11.4. The van der Waals surface area contributed by atoms with E-state index < -0.39 is 14.5 Å². The van der Waals surface area contributed by atoms with Crippen molar-refractivity contribution < 1.29 is 8.53 Å². The Balaban J connectivity index is 4.10. The smallest absolute Gasteiger partial charge is 0.462 e. The summed E-state index contributed by atoms with van der Waals surface area (Å²) in [4.78, 5) is 0. The minimum absolute atomic E-state index is 0.0387. The van der Waals surface area contributed by atoms with Crippen molar-refractivity contribution in [3.05, 3.63) is 0 Å². The van der Waals surface area contributed by atoms with E-state index in [2.05, 4.69) is 34.6 Å². The van der Waals surface area contributed by atoms with Crippen molar-refractivity contribution in [1.29, 1.82) is 0 Å². The highest BCUT2D eigenvalue weighted by Gasteiger charge is 2.24. The Hall–Kier alpha value is 0.452. The van der Waals surface area contributed by atoms with Crippen molar-refractivity contribution in [2.75, 3.05) is 0 Å². The van der Waals surface area contributed by atoms with Crippen LogP contribution in [-0.2, 0) is 8.53 Å². The molecule has 0 saturated heterocycles. The molecule has 0 aliphatic carbocycles. The lowest BCUT2D eigenvalue weighted by molar-refractivity contribution is -0.112. The van der Waals surface area contributed by atoms with Crippen molar-refractivity contribution in [1.82, 2.24) is 0 Å². The molecule has 1 atom stereocenters. The van der Waals surface area contributed by atoms with Crippen molar-refractivity contribution in [3.8, 4) is 0 Å². The van der Waals surface area contributed by atoms with Crippen LogP contribution in [0.1, 0.15) is 118 Å². The number of hydrogen-bond donors (Lipinski definition) is 0. The van der Waals surface area contributed by atoms with Crippen LogP contribution >= 0.6 is 0 Å². The molecule has 0 amide bonds. The van der Waals surface area contributed by atoms with E-state index in [-0.39, 0.29) is 12.4 Å². The van der Waals surface area contributed by atoms with Crippen LogP contribution in [-0.4, -0.2) is 26.9 Å². The van der Waals surface area contributed by atoms with Gasteiger partial charge >= 0.3 is 14.5 Å². The molecule has 0 rings (SSSR count). The van der Waals surface area contributed by atoms with Gasteiger partial charge < -0.3 is 8.53 Å². The molecule has 0 aromatic heterocycles. The molecule has 25 heavy (non-hydrogen) atoms. The summed E-state index contributed by atoms with van der Waals surface area (Å²) in [6.45, 7) is 11.0. The van der Waals surface area contributed by atoms with E-state index in [0.717, 1.165) is 6.42 Å². The third-order valence-corrected chi connectivity index (χ3v) is 7.65. The van der Waals surface area contributed by atoms with Crippen molar-refractivity contribution in [3.63, 3.8) is 0 Å². The van der Waals surface area contributed by atoms with Gasteiger partial charge in [0.1, 0.15) is 6.29 Å². The summed E-state index contributed by atoms with van der Waals surface area (Å²) in [5.74, 6) is 0. The van der Waals surface area contributed by atoms with Gasteiger partial charge in [-0.05, 0) is 20.3 Å². The lowest BCUT2D eigenvalue weighted by Crippen LogP contribution is -2.29. The van der Waals surface area contributed by atoms with E-state index in [4.69, 9.17) is 8.53 Å². The largest absolute Gasteiger partial charge is 0.478 e. The maximum atomic E-state index is 6.48. The lowest BCUT2D eigenvalue weighted by Gasteiger charge is -2.24. The zero-order valence-electron chi connectivity index (χ0n) is 18.2. The first-order chi connectivity index (χ1) is 12.1. The first kappa shape index (κ1) is 25.5. The summed E-state index contributed by atoms with van der Waals surface area (Å²) in [5, 5.41) is 2.69. The van der Waals surface area contributed by atoms with E-state index in [9.17, 15) is 0 Å². The highest BCUT2D eigenvalue weighted by Crippen LogP contribution is 2.18. The number of ether oxygens (including phenoxy) is 1. The summed E-state index contributed by atoms with van der Waals surface area (Å²) in [6, 6.07) is 0. The van der Waals surface area contributed by atoms with Gasteiger partial charge in [-0.1, -0.05) is 108 Å². The summed E-state index contributed by atoms with van der Waals surface area (Å²) in [6.07, 6.45) is 17.9. The maximum absolute atomic E-state index is 6.48. The molecule has 0 bridgehead atoms. The van der Waals surface area contributed by atoms with Gasteiger partial charge in [0.2, 0.25) is 0 Å². The third-order valence-electron chi connectivity index (χ3n) is 4.86. The van der Waals surface area contributed by atoms with Crippen LogP contribution in [0.3, 0.4) is 0 Å². The summed E-state index contributed by atoms with van der Waals surface area (Å²) in [7, 11) is 0. The molecule has 0 aromatic rings. The fourth-order valence-electron chi connectivity index (χ4n) is 3.33. The van der Waals surface area contributed by atoms with Crippen LogP contribution in [0.25, 0.3) is 0 Å². The van der Waals surface area contributed by atoms with Gasteiger partial charge in [-0.25, -0.2) is 0 Å². The molecule has 0 saturated carbocycles. The minimum atomic E-state index is -1.11. The molecule has 0 aromatic carbocycles. The standard InChI is InChI=1S/2C8H17.C6H13O2.Al/c2*1-3-5-7-8-6-4-2;1-4-6(7)8-5(2)3;/h2*1,3-8H2,2H3;5-6H,4H2,1-3H3;/q;;-1;+1. The van der Waals surface area contributed by atoms with E-state index in [1.165, 1.54) is 87.6 Å². The maximum Gasteiger partial charge on any atom is 0.462 e. The van der Waals surface area contributed by atoms with E-state index in [0.29, 0.717) is 0 Å². The second kappa shape index (κ2) is 19.2. The molecule has 0 aliphatic heterocycles. The van der Waals surface area contributed by atoms with Gasteiger partial charge in [0.15, 0.2) is 0 Å². The zero-order chi connectivity index (χ0) is 18.8. The van der Waals surface area contributed by atoms with Gasteiger partial charge in [-0.2, -0.15) is 0 Å². The topological polar surface area (TPSA) is 18.5 Å². The van der Waals surface area contributed by atoms with Crippen LogP contribution in [0.5, 0.6) is 0 Å². The van der Waals surface area contributed by atoms with Gasteiger partial charge in [-0.3, -0.25) is 0 Å². The van der Waals surface area contributed by atoms with Crippen LogP contribution in [0.2, 0.25) is 10.6 Å². The Morgan fingerprint density at radius 2 is 1.08 bits per heavy atom. The van der Waals surface area contributed by atoms with Gasteiger partial charge in [0, 0.05) is 0 Å². The SMILES string of the molecule is CCCCCCC[CH2][Al]([CH2]CCCCCCC)[O]C(CC)OC(C)C. The molecule has 2 nitrogen and oxygen atoms in total. The van der Waals surface area contributed by atoms with Crippen molar-refractivity contribution >= 4 is 14.5 Å². The molecule has 0 N–H and O–H groups in total. The zero-order valence-corrected chi connectivity index (χ0v) is 19.3. The fourth-order valence-corrected chi connectivity index (χ4v) is 6.06.